The number of hydrogen-bond acceptors (Lipinski definition) is 9. The molecular weight excluding hydrogens is 408 g/mol. The lowest BCUT2D eigenvalue weighted by atomic mass is 10.1. The quantitative estimate of drug-likeness (QED) is 0.149. The van der Waals surface area contributed by atoms with Crippen LogP contribution in [0.4, 0.5) is 15.3 Å². The van der Waals surface area contributed by atoms with Crippen LogP contribution in [0.3, 0.4) is 0 Å². The molecule has 0 bridgehead atoms. The van der Waals surface area contributed by atoms with Crippen molar-refractivity contribution in [2.75, 3.05) is 13.7 Å². The van der Waals surface area contributed by atoms with Crippen LogP contribution in [0.1, 0.15) is 50.5 Å². The van der Waals surface area contributed by atoms with Crippen LogP contribution in [0, 0.1) is 0 Å². The zero-order chi connectivity index (χ0) is 23.7. The average molecular weight is 436 g/mol. The number of benzene rings is 1. The number of oxime groups is 1. The zero-order valence-electron chi connectivity index (χ0n) is 18.4. The molecule has 0 fully saturated rings. The van der Waals surface area contributed by atoms with Crippen LogP contribution in [0.2, 0.25) is 0 Å². The number of methoxy groups -OCH3 is 1. The molecule has 3 N–H and O–H groups in total. The molecule has 2 amide bonds. The van der Waals surface area contributed by atoms with Crippen molar-refractivity contribution in [1.29, 1.82) is 0 Å². The Kier molecular flexibility index (Phi) is 8.97. The molecule has 1 rings (SSSR count). The van der Waals surface area contributed by atoms with Crippen molar-refractivity contribution >= 4 is 36.4 Å². The van der Waals surface area contributed by atoms with Gasteiger partial charge in [0.05, 0.1) is 37.5 Å². The highest BCUT2D eigenvalue weighted by atomic mass is 16.6. The average Bonchev–Trinajstić information content (AvgIpc) is 2.64. The number of nitrogens with zero attached hydrogens (tertiary/aromatic N) is 2. The highest BCUT2D eigenvalue weighted by Crippen LogP contribution is 2.17. The van der Waals surface area contributed by atoms with E-state index in [2.05, 4.69) is 25.5 Å². The van der Waals surface area contributed by atoms with Gasteiger partial charge in [0, 0.05) is 0 Å². The smallest absolute Gasteiger partial charge is 0.412 e. The number of aliphatic imine (C=N–C) groups is 1. The summed E-state index contributed by atoms with van der Waals surface area (Å²) in [5.41, 5.74) is -0.788. The minimum absolute atomic E-state index is 0.0253. The maximum Gasteiger partial charge on any atom is 0.412 e. The third-order valence-electron chi connectivity index (χ3n) is 3.39. The Hall–Kier alpha value is -3.63. The van der Waals surface area contributed by atoms with E-state index in [9.17, 15) is 14.4 Å². The lowest BCUT2D eigenvalue weighted by molar-refractivity contribution is 0.0275. The van der Waals surface area contributed by atoms with E-state index in [1.165, 1.54) is 25.3 Å². The predicted molar refractivity (Wildman–Crippen MR) is 113 cm³/mol. The SMILES string of the molecule is COC(=O)c1cc(/C=N/O)cc(N=CNC(=O)OC(C)(C)CNC(=O)OC(C)(C)C)c1. The van der Waals surface area contributed by atoms with Gasteiger partial charge in [-0.05, 0) is 58.4 Å². The van der Waals surface area contributed by atoms with Crippen LogP contribution < -0.4 is 10.6 Å². The molecule has 0 aliphatic carbocycles. The summed E-state index contributed by atoms with van der Waals surface area (Å²) in [7, 11) is 1.23. The molecule has 31 heavy (non-hydrogen) atoms. The first-order valence-electron chi connectivity index (χ1n) is 9.25. The van der Waals surface area contributed by atoms with Gasteiger partial charge in [0.25, 0.3) is 0 Å². The molecule has 0 atom stereocenters. The second kappa shape index (κ2) is 11.0. The van der Waals surface area contributed by atoms with Crippen molar-refractivity contribution in [2.45, 2.75) is 45.8 Å². The number of rotatable bonds is 7. The van der Waals surface area contributed by atoms with E-state index < -0.39 is 29.4 Å². The lowest BCUT2D eigenvalue weighted by Gasteiger charge is -2.26. The zero-order valence-corrected chi connectivity index (χ0v) is 18.4. The predicted octanol–water partition coefficient (Wildman–Crippen LogP) is 2.97. The molecule has 0 aromatic heterocycles. The maximum atomic E-state index is 12.0. The van der Waals surface area contributed by atoms with Gasteiger partial charge in [0.15, 0.2) is 0 Å². The molecule has 1 aromatic rings. The van der Waals surface area contributed by atoms with Gasteiger partial charge >= 0.3 is 18.2 Å². The van der Waals surface area contributed by atoms with Crippen LogP contribution in [-0.4, -0.2) is 60.8 Å². The number of esters is 1. The highest BCUT2D eigenvalue weighted by molar-refractivity contribution is 5.94. The van der Waals surface area contributed by atoms with Crippen LogP contribution in [0.25, 0.3) is 0 Å². The number of carbonyl (C=O) groups excluding carboxylic acids is 3. The Morgan fingerprint density at radius 3 is 2.32 bits per heavy atom. The van der Waals surface area contributed by atoms with Gasteiger partial charge in [-0.1, -0.05) is 5.16 Å². The normalized spacial score (nSPS) is 11.9. The summed E-state index contributed by atoms with van der Waals surface area (Å²) in [5.74, 6) is -0.601. The Morgan fingerprint density at radius 1 is 1.06 bits per heavy atom. The number of ether oxygens (including phenoxy) is 3. The third kappa shape index (κ3) is 10.1. The van der Waals surface area contributed by atoms with Crippen LogP contribution in [0.5, 0.6) is 0 Å². The molecule has 0 heterocycles. The molecule has 1 aromatic carbocycles. The third-order valence-corrected chi connectivity index (χ3v) is 3.39. The summed E-state index contributed by atoms with van der Waals surface area (Å²) < 4.78 is 15.0. The first-order valence-corrected chi connectivity index (χ1v) is 9.25. The van der Waals surface area contributed by atoms with E-state index in [1.807, 2.05) is 0 Å². The van der Waals surface area contributed by atoms with E-state index in [0.717, 1.165) is 12.6 Å². The molecule has 0 saturated heterocycles. The van der Waals surface area contributed by atoms with Crippen LogP contribution >= 0.6 is 0 Å². The van der Waals surface area contributed by atoms with Gasteiger partial charge in [-0.2, -0.15) is 0 Å². The number of hydrogen-bond donors (Lipinski definition) is 3. The number of nitrogens with one attached hydrogen (secondary N) is 2. The van der Waals surface area contributed by atoms with Gasteiger partial charge in [0.1, 0.15) is 11.2 Å². The minimum Gasteiger partial charge on any atom is -0.465 e. The van der Waals surface area contributed by atoms with E-state index >= 15 is 0 Å². The molecular formula is C20H28N4O7. The van der Waals surface area contributed by atoms with E-state index in [0.29, 0.717) is 11.3 Å². The topological polar surface area (TPSA) is 148 Å². The summed E-state index contributed by atoms with van der Waals surface area (Å²) in [5, 5.41) is 16.5. The summed E-state index contributed by atoms with van der Waals surface area (Å²) in [6.07, 6.45) is 0.767. The summed E-state index contributed by atoms with van der Waals surface area (Å²) in [6.45, 7) is 8.46. The monoisotopic (exact) mass is 436 g/mol. The molecule has 170 valence electrons. The molecule has 0 aliphatic rings. The molecule has 0 radical (unpaired) electrons. The lowest BCUT2D eigenvalue weighted by Crippen LogP contribution is -2.45. The maximum absolute atomic E-state index is 12.0. The van der Waals surface area contributed by atoms with Crippen molar-refractivity contribution < 1.29 is 33.8 Å². The summed E-state index contributed by atoms with van der Waals surface area (Å²) in [4.78, 5) is 39.5. The van der Waals surface area contributed by atoms with Crippen LogP contribution in [-0.2, 0) is 14.2 Å². The molecule has 11 nitrogen and oxygen atoms in total. The van der Waals surface area contributed by atoms with Crippen molar-refractivity contribution in [2.24, 2.45) is 10.1 Å². The van der Waals surface area contributed by atoms with Gasteiger partial charge in [-0.25, -0.2) is 19.4 Å². The fourth-order valence-electron chi connectivity index (χ4n) is 2.16. The number of amides is 2. The molecule has 11 heteroatoms. The van der Waals surface area contributed by atoms with Crippen LogP contribution in [0.15, 0.2) is 28.3 Å². The second-order valence-electron chi connectivity index (χ2n) is 7.96. The van der Waals surface area contributed by atoms with E-state index in [4.69, 9.17) is 14.7 Å². The summed E-state index contributed by atoms with van der Waals surface area (Å²) in [6, 6.07) is 4.40. The molecule has 0 spiro atoms. The molecule has 0 aliphatic heterocycles. The molecule has 0 saturated carbocycles. The van der Waals surface area contributed by atoms with Crippen molar-refractivity contribution in [3.63, 3.8) is 0 Å². The largest absolute Gasteiger partial charge is 0.465 e. The van der Waals surface area contributed by atoms with E-state index in [-0.39, 0.29) is 12.1 Å². The Labute approximate surface area is 180 Å². The Morgan fingerprint density at radius 2 is 1.74 bits per heavy atom. The Balaban J connectivity index is 2.69. The second-order valence-corrected chi connectivity index (χ2v) is 7.96. The van der Waals surface area contributed by atoms with Gasteiger partial charge < -0.3 is 24.7 Å². The highest BCUT2D eigenvalue weighted by Gasteiger charge is 2.25. The number of alkyl carbamates (subject to hydrolysis) is 2. The number of carbonyl (C=O) groups is 3. The Bertz CT molecular complexity index is 858. The first-order chi connectivity index (χ1) is 14.3. The fourth-order valence-corrected chi connectivity index (χ4v) is 2.16. The fraction of sp³-hybridized carbons (Fsp3) is 0.450. The van der Waals surface area contributed by atoms with Crippen molar-refractivity contribution in [3.8, 4) is 0 Å². The van der Waals surface area contributed by atoms with Gasteiger partial charge in [0.2, 0.25) is 0 Å². The van der Waals surface area contributed by atoms with Gasteiger partial charge in [-0.3, -0.25) is 5.32 Å². The molecule has 0 unspecified atom stereocenters. The van der Waals surface area contributed by atoms with Crippen molar-refractivity contribution in [1.82, 2.24) is 10.6 Å². The summed E-state index contributed by atoms with van der Waals surface area (Å²) >= 11 is 0. The van der Waals surface area contributed by atoms with Gasteiger partial charge in [-0.15, -0.1) is 0 Å². The standard InChI is InChI=1S/C20H28N4O7/c1-19(2,3)30-17(26)21-11-20(4,5)31-18(27)23-12-22-15-8-13(10-24-28)7-14(9-15)16(25)29-6/h7-10,12,28H,11H2,1-6H3,(H,21,26)(H,22,23,27)/b24-10+. The van der Waals surface area contributed by atoms with E-state index in [1.54, 1.807) is 34.6 Å². The minimum atomic E-state index is -1.02. The first kappa shape index (κ1) is 25.4. The van der Waals surface area contributed by atoms with Crippen molar-refractivity contribution in [3.05, 3.63) is 29.3 Å².